The van der Waals surface area contributed by atoms with Crippen molar-refractivity contribution in [2.75, 3.05) is 11.9 Å². The summed E-state index contributed by atoms with van der Waals surface area (Å²) in [7, 11) is 0. The molecule has 1 atom stereocenters. The third-order valence-corrected chi connectivity index (χ3v) is 3.13. The van der Waals surface area contributed by atoms with E-state index in [4.69, 9.17) is 4.74 Å². The molecule has 0 saturated heterocycles. The lowest BCUT2D eigenvalue weighted by atomic mass is 10.0. The molecule has 104 valence electrons. The first-order valence-electron chi connectivity index (χ1n) is 6.67. The van der Waals surface area contributed by atoms with Gasteiger partial charge >= 0.3 is 5.97 Å². The van der Waals surface area contributed by atoms with Crippen molar-refractivity contribution in [2.24, 2.45) is 0 Å². The smallest absolute Gasteiger partial charge is 0.330 e. The van der Waals surface area contributed by atoms with Gasteiger partial charge in [-0.2, -0.15) is 0 Å². The number of rotatable bonds is 5. The second kappa shape index (κ2) is 6.75. The maximum Gasteiger partial charge on any atom is 0.330 e. The largest absolute Gasteiger partial charge is 0.458 e. The van der Waals surface area contributed by atoms with Crippen LogP contribution < -0.4 is 5.32 Å². The molecule has 0 radical (unpaired) electrons. The van der Waals surface area contributed by atoms with Gasteiger partial charge in [0, 0.05) is 17.8 Å². The molecular formula is C17H19NO2. The van der Waals surface area contributed by atoms with Gasteiger partial charge in [0.05, 0.1) is 0 Å². The number of aryl methyl sites for hydroxylation is 1. The van der Waals surface area contributed by atoms with Gasteiger partial charge in [-0.25, -0.2) is 4.79 Å². The summed E-state index contributed by atoms with van der Waals surface area (Å²) in [5, 5.41) is 3.45. The molecule has 0 amide bonds. The summed E-state index contributed by atoms with van der Waals surface area (Å²) in [5.74, 6) is -0.390. The van der Waals surface area contributed by atoms with Crippen molar-refractivity contribution in [1.29, 1.82) is 0 Å². The molecule has 1 aliphatic carbocycles. The van der Waals surface area contributed by atoms with E-state index in [9.17, 15) is 4.79 Å². The highest BCUT2D eigenvalue weighted by Crippen LogP contribution is 2.17. The minimum atomic E-state index is -0.390. The minimum Gasteiger partial charge on any atom is -0.458 e. The second-order valence-electron chi connectivity index (χ2n) is 4.80. The van der Waals surface area contributed by atoms with Crippen LogP contribution in [0.1, 0.15) is 12.0 Å². The van der Waals surface area contributed by atoms with Crippen LogP contribution in [0, 0.1) is 6.92 Å². The van der Waals surface area contributed by atoms with Crippen molar-refractivity contribution < 1.29 is 9.53 Å². The van der Waals surface area contributed by atoms with Crippen LogP contribution in [0.3, 0.4) is 0 Å². The van der Waals surface area contributed by atoms with Crippen molar-refractivity contribution in [1.82, 2.24) is 0 Å². The molecule has 0 fully saturated rings. The quantitative estimate of drug-likeness (QED) is 0.657. The van der Waals surface area contributed by atoms with Crippen LogP contribution in [-0.2, 0) is 9.53 Å². The maximum atomic E-state index is 11.0. The van der Waals surface area contributed by atoms with E-state index in [0.29, 0.717) is 6.61 Å². The number of carbonyl (C=O) groups excluding carboxylic acids is 1. The first-order valence-corrected chi connectivity index (χ1v) is 6.67. The number of hydrogen-bond donors (Lipinski definition) is 1. The zero-order valence-electron chi connectivity index (χ0n) is 11.6. The van der Waals surface area contributed by atoms with Crippen LogP contribution in [-0.4, -0.2) is 18.6 Å². The Kier molecular flexibility index (Phi) is 4.77. The molecule has 1 N–H and O–H groups in total. The monoisotopic (exact) mass is 269 g/mol. The maximum absolute atomic E-state index is 11.0. The lowest BCUT2D eigenvalue weighted by molar-refractivity contribution is -0.136. The van der Waals surface area contributed by atoms with E-state index in [1.165, 1.54) is 11.6 Å². The van der Waals surface area contributed by atoms with E-state index in [1.54, 1.807) is 0 Å². The minimum absolute atomic E-state index is 0.275. The molecule has 2 rings (SSSR count). The lowest BCUT2D eigenvalue weighted by Crippen LogP contribution is -2.18. The predicted molar refractivity (Wildman–Crippen MR) is 81.6 cm³/mol. The average molecular weight is 269 g/mol. The third-order valence-electron chi connectivity index (χ3n) is 3.13. The third kappa shape index (κ3) is 4.12. The van der Waals surface area contributed by atoms with Crippen molar-refractivity contribution in [3.8, 4) is 0 Å². The van der Waals surface area contributed by atoms with E-state index < -0.39 is 0 Å². The van der Waals surface area contributed by atoms with Gasteiger partial charge in [-0.1, -0.05) is 42.5 Å². The molecule has 1 aromatic carbocycles. The van der Waals surface area contributed by atoms with Crippen molar-refractivity contribution in [3.05, 3.63) is 66.3 Å². The second-order valence-corrected chi connectivity index (χ2v) is 4.80. The Morgan fingerprint density at radius 3 is 2.80 bits per heavy atom. The Morgan fingerprint density at radius 1 is 1.45 bits per heavy atom. The Morgan fingerprint density at radius 2 is 2.20 bits per heavy atom. The van der Waals surface area contributed by atoms with Gasteiger partial charge in [0.25, 0.3) is 0 Å². The molecule has 0 spiro atoms. The molecule has 1 aromatic rings. The van der Waals surface area contributed by atoms with Crippen LogP contribution in [0.15, 0.2) is 60.7 Å². The summed E-state index contributed by atoms with van der Waals surface area (Å²) in [6.45, 7) is 5.74. The van der Waals surface area contributed by atoms with E-state index in [1.807, 2.05) is 6.08 Å². The molecule has 3 heteroatoms. The predicted octanol–water partition coefficient (Wildman–Crippen LogP) is 3.39. The first kappa shape index (κ1) is 14.1. The van der Waals surface area contributed by atoms with Gasteiger partial charge in [0.15, 0.2) is 0 Å². The normalized spacial score (nSPS) is 17.2. The van der Waals surface area contributed by atoms with Crippen molar-refractivity contribution >= 4 is 11.7 Å². The number of benzene rings is 1. The van der Waals surface area contributed by atoms with Gasteiger partial charge in [-0.3, -0.25) is 0 Å². The average Bonchev–Trinajstić information content (AvgIpc) is 2.48. The van der Waals surface area contributed by atoms with Gasteiger partial charge < -0.3 is 10.1 Å². The van der Waals surface area contributed by atoms with E-state index in [-0.39, 0.29) is 12.0 Å². The molecule has 0 heterocycles. The van der Waals surface area contributed by atoms with Crippen LogP contribution in [0.5, 0.6) is 0 Å². The lowest BCUT2D eigenvalue weighted by Gasteiger charge is -2.19. The summed E-state index contributed by atoms with van der Waals surface area (Å²) in [6.07, 6.45) is 8.23. The fourth-order valence-corrected chi connectivity index (χ4v) is 1.96. The number of nitrogens with one attached hydrogen (secondary N) is 1. The van der Waals surface area contributed by atoms with E-state index >= 15 is 0 Å². The van der Waals surface area contributed by atoms with E-state index in [0.717, 1.165) is 17.7 Å². The van der Waals surface area contributed by atoms with Crippen LogP contribution in [0.25, 0.3) is 0 Å². The molecular weight excluding hydrogens is 250 g/mol. The fraction of sp³-hybridized carbons (Fsp3) is 0.235. The molecule has 0 aliphatic heterocycles. The molecule has 1 unspecified atom stereocenters. The van der Waals surface area contributed by atoms with E-state index in [2.05, 4.69) is 55.2 Å². The highest BCUT2D eigenvalue weighted by atomic mass is 16.5. The summed E-state index contributed by atoms with van der Waals surface area (Å²) in [5.41, 5.74) is 3.38. The Hall–Kier alpha value is -2.29. The number of hydrogen-bond acceptors (Lipinski definition) is 3. The number of anilines is 1. The van der Waals surface area contributed by atoms with Crippen LogP contribution in [0.2, 0.25) is 0 Å². The molecule has 0 aromatic heterocycles. The Balaban J connectivity index is 1.83. The SMILES string of the molecule is C=CC(=O)OCC1=CCC(Nc2ccc(C)cc2)C=C1. The Bertz CT molecular complexity index is 541. The molecule has 0 bridgehead atoms. The molecule has 1 aliphatic rings. The zero-order valence-corrected chi connectivity index (χ0v) is 11.6. The molecule has 20 heavy (non-hydrogen) atoms. The zero-order chi connectivity index (χ0) is 14.4. The fourth-order valence-electron chi connectivity index (χ4n) is 1.96. The number of esters is 1. The summed E-state index contributed by atoms with van der Waals surface area (Å²) in [6, 6.07) is 8.61. The highest BCUT2D eigenvalue weighted by molar-refractivity contribution is 5.81. The van der Waals surface area contributed by atoms with Crippen molar-refractivity contribution in [2.45, 2.75) is 19.4 Å². The summed E-state index contributed by atoms with van der Waals surface area (Å²) >= 11 is 0. The highest BCUT2D eigenvalue weighted by Gasteiger charge is 2.09. The van der Waals surface area contributed by atoms with Crippen molar-refractivity contribution in [3.63, 3.8) is 0 Å². The molecule has 3 nitrogen and oxygen atoms in total. The Labute approximate surface area is 119 Å². The summed E-state index contributed by atoms with van der Waals surface area (Å²) < 4.78 is 5.00. The first-order chi connectivity index (χ1) is 9.67. The van der Waals surface area contributed by atoms with Gasteiger partial charge in [-0.05, 0) is 31.1 Å². The van der Waals surface area contributed by atoms with Crippen LogP contribution in [0.4, 0.5) is 5.69 Å². The number of ether oxygens (including phenoxy) is 1. The van der Waals surface area contributed by atoms with Gasteiger partial charge in [0.2, 0.25) is 0 Å². The molecule has 0 saturated carbocycles. The van der Waals surface area contributed by atoms with Crippen LogP contribution >= 0.6 is 0 Å². The van der Waals surface area contributed by atoms with Gasteiger partial charge in [0.1, 0.15) is 6.61 Å². The number of carbonyl (C=O) groups is 1. The van der Waals surface area contributed by atoms with Gasteiger partial charge in [-0.15, -0.1) is 0 Å². The summed E-state index contributed by atoms with van der Waals surface area (Å²) in [4.78, 5) is 11.0. The standard InChI is InChI=1S/C17H19NO2/c1-3-17(19)20-12-14-6-10-16(11-7-14)18-15-8-4-13(2)5-9-15/h3-10,16,18H,1,11-12H2,2H3. The topological polar surface area (TPSA) is 38.3 Å².